The molecule has 0 aliphatic carbocycles. The van der Waals surface area contributed by atoms with Gasteiger partial charge in [0.05, 0.1) is 22.9 Å². The molecule has 0 saturated carbocycles. The Balaban J connectivity index is 2.68. The van der Waals surface area contributed by atoms with E-state index in [1.165, 1.54) is 18.2 Å². The molecule has 1 rings (SSSR count). The Morgan fingerprint density at radius 3 is 2.61 bits per heavy atom. The number of nitrogens with one attached hydrogen (secondary N) is 1. The average Bonchev–Trinajstić information content (AvgIpc) is 2.29. The van der Waals surface area contributed by atoms with Gasteiger partial charge in [0.1, 0.15) is 0 Å². The van der Waals surface area contributed by atoms with Crippen molar-refractivity contribution in [2.24, 2.45) is 5.92 Å². The van der Waals surface area contributed by atoms with Gasteiger partial charge in [-0.15, -0.1) is 0 Å². The van der Waals surface area contributed by atoms with Gasteiger partial charge in [0.25, 0.3) is 0 Å². The molecule has 5 nitrogen and oxygen atoms in total. The molecule has 0 aromatic heterocycles. The minimum atomic E-state index is -1.08. The number of halogens is 1. The zero-order valence-corrected chi connectivity index (χ0v) is 10.8. The van der Waals surface area contributed by atoms with Crippen LogP contribution >= 0.6 is 11.6 Å². The van der Waals surface area contributed by atoms with Gasteiger partial charge in [-0.05, 0) is 24.1 Å². The van der Waals surface area contributed by atoms with Crippen LogP contribution in [0.4, 0.5) is 10.5 Å². The zero-order chi connectivity index (χ0) is 13.7. The van der Waals surface area contributed by atoms with Crippen molar-refractivity contribution in [1.29, 1.82) is 0 Å². The Bertz CT molecular complexity index is 459. The topological polar surface area (TPSA) is 75.6 Å². The zero-order valence-electron chi connectivity index (χ0n) is 10.1. The highest BCUT2D eigenvalue weighted by molar-refractivity contribution is 6.34. The maximum atomic E-state index is 11.4. The molecular formula is C12H14ClNO4. The fourth-order valence-corrected chi connectivity index (χ4v) is 1.37. The minimum Gasteiger partial charge on any atom is -0.478 e. The van der Waals surface area contributed by atoms with Crippen LogP contribution in [0.2, 0.25) is 5.02 Å². The summed E-state index contributed by atoms with van der Waals surface area (Å²) in [5.74, 6) is -0.841. The van der Waals surface area contributed by atoms with Crippen molar-refractivity contribution in [3.8, 4) is 0 Å². The number of carbonyl (C=O) groups is 2. The Kier molecular flexibility index (Phi) is 4.97. The lowest BCUT2D eigenvalue weighted by atomic mass is 10.2. The number of aromatic carboxylic acids is 1. The molecule has 1 aromatic carbocycles. The van der Waals surface area contributed by atoms with Crippen LogP contribution in [0.3, 0.4) is 0 Å². The predicted molar refractivity (Wildman–Crippen MR) is 68.2 cm³/mol. The van der Waals surface area contributed by atoms with E-state index in [1.54, 1.807) is 0 Å². The van der Waals surface area contributed by atoms with Crippen molar-refractivity contribution >= 4 is 29.4 Å². The molecule has 0 saturated heterocycles. The van der Waals surface area contributed by atoms with Crippen LogP contribution in [0.25, 0.3) is 0 Å². The highest BCUT2D eigenvalue weighted by atomic mass is 35.5. The second kappa shape index (κ2) is 6.26. The first-order valence-corrected chi connectivity index (χ1v) is 5.74. The van der Waals surface area contributed by atoms with Crippen LogP contribution in [-0.2, 0) is 4.74 Å². The molecule has 0 aliphatic heterocycles. The number of ether oxygens (including phenoxy) is 1. The molecule has 0 heterocycles. The highest BCUT2D eigenvalue weighted by Crippen LogP contribution is 2.23. The maximum Gasteiger partial charge on any atom is 0.411 e. The average molecular weight is 272 g/mol. The van der Waals surface area contributed by atoms with E-state index in [0.29, 0.717) is 12.3 Å². The summed E-state index contributed by atoms with van der Waals surface area (Å²) in [6, 6.07) is 4.04. The van der Waals surface area contributed by atoms with E-state index in [4.69, 9.17) is 21.4 Å². The Hall–Kier alpha value is -1.75. The summed E-state index contributed by atoms with van der Waals surface area (Å²) in [6.07, 6.45) is -0.617. The van der Waals surface area contributed by atoms with Gasteiger partial charge in [-0.2, -0.15) is 0 Å². The first-order valence-electron chi connectivity index (χ1n) is 5.36. The van der Waals surface area contributed by atoms with Gasteiger partial charge in [0.2, 0.25) is 0 Å². The Labute approximate surface area is 110 Å². The molecule has 0 unspecified atom stereocenters. The van der Waals surface area contributed by atoms with Crippen molar-refractivity contribution in [3.63, 3.8) is 0 Å². The van der Waals surface area contributed by atoms with E-state index < -0.39 is 12.1 Å². The minimum absolute atomic E-state index is 0.0566. The van der Waals surface area contributed by atoms with E-state index in [0.717, 1.165) is 0 Å². The van der Waals surface area contributed by atoms with Crippen LogP contribution in [0.1, 0.15) is 24.2 Å². The SMILES string of the molecule is CC(C)COC(=O)Nc1ccc(C(=O)O)cc1Cl. The molecular weight excluding hydrogens is 258 g/mol. The smallest absolute Gasteiger partial charge is 0.411 e. The molecule has 1 aromatic rings. The van der Waals surface area contributed by atoms with Crippen molar-refractivity contribution in [1.82, 2.24) is 0 Å². The van der Waals surface area contributed by atoms with Crippen LogP contribution in [0.5, 0.6) is 0 Å². The third-order valence-corrected chi connectivity index (χ3v) is 2.31. The second-order valence-electron chi connectivity index (χ2n) is 4.12. The lowest BCUT2D eigenvalue weighted by Crippen LogP contribution is -2.16. The van der Waals surface area contributed by atoms with Crippen molar-refractivity contribution in [3.05, 3.63) is 28.8 Å². The number of amides is 1. The number of hydrogen-bond donors (Lipinski definition) is 2. The van der Waals surface area contributed by atoms with E-state index >= 15 is 0 Å². The van der Waals surface area contributed by atoms with E-state index in [1.807, 2.05) is 13.8 Å². The van der Waals surface area contributed by atoms with E-state index in [2.05, 4.69) is 5.32 Å². The Morgan fingerprint density at radius 1 is 1.44 bits per heavy atom. The van der Waals surface area contributed by atoms with Crippen LogP contribution < -0.4 is 5.32 Å². The van der Waals surface area contributed by atoms with Crippen LogP contribution in [-0.4, -0.2) is 23.8 Å². The molecule has 0 radical (unpaired) electrons. The summed E-state index contributed by atoms with van der Waals surface area (Å²) in [7, 11) is 0. The number of anilines is 1. The number of hydrogen-bond acceptors (Lipinski definition) is 3. The first-order chi connectivity index (χ1) is 8.40. The summed E-state index contributed by atoms with van der Waals surface area (Å²) < 4.78 is 4.92. The Morgan fingerprint density at radius 2 is 2.11 bits per heavy atom. The monoisotopic (exact) mass is 271 g/mol. The number of carboxylic acid groups (broad SMARTS) is 1. The van der Waals surface area contributed by atoms with Crippen molar-refractivity contribution in [2.75, 3.05) is 11.9 Å². The molecule has 6 heteroatoms. The number of benzene rings is 1. The fourth-order valence-electron chi connectivity index (χ4n) is 1.14. The second-order valence-corrected chi connectivity index (χ2v) is 4.52. The molecule has 18 heavy (non-hydrogen) atoms. The number of carboxylic acids is 1. The molecule has 98 valence electrons. The molecule has 0 atom stereocenters. The summed E-state index contributed by atoms with van der Waals surface area (Å²) in [5, 5.41) is 11.4. The van der Waals surface area contributed by atoms with Crippen LogP contribution in [0, 0.1) is 5.92 Å². The largest absolute Gasteiger partial charge is 0.478 e. The summed E-state index contributed by atoms with van der Waals surface area (Å²) in [6.45, 7) is 4.14. The van der Waals surface area contributed by atoms with Gasteiger partial charge in [0, 0.05) is 0 Å². The summed E-state index contributed by atoms with van der Waals surface area (Å²) in [5.41, 5.74) is 0.372. The number of carbonyl (C=O) groups excluding carboxylic acids is 1. The van der Waals surface area contributed by atoms with Gasteiger partial charge in [-0.3, -0.25) is 5.32 Å². The third kappa shape index (κ3) is 4.25. The van der Waals surface area contributed by atoms with Gasteiger partial charge in [0.15, 0.2) is 0 Å². The quantitative estimate of drug-likeness (QED) is 0.881. The van der Waals surface area contributed by atoms with Gasteiger partial charge in [-0.25, -0.2) is 9.59 Å². The number of rotatable bonds is 4. The van der Waals surface area contributed by atoms with Crippen molar-refractivity contribution < 1.29 is 19.4 Å². The standard InChI is InChI=1S/C12H14ClNO4/c1-7(2)6-18-12(17)14-10-4-3-8(11(15)16)5-9(10)13/h3-5,7H,6H2,1-2H3,(H,14,17)(H,15,16). The lowest BCUT2D eigenvalue weighted by molar-refractivity contribution is 0.0697. The first kappa shape index (κ1) is 14.3. The summed E-state index contributed by atoms with van der Waals surface area (Å²) >= 11 is 5.85. The molecule has 0 fully saturated rings. The molecule has 2 N–H and O–H groups in total. The maximum absolute atomic E-state index is 11.4. The normalized spacial score (nSPS) is 10.2. The van der Waals surface area contributed by atoms with Crippen LogP contribution in [0.15, 0.2) is 18.2 Å². The molecule has 0 spiro atoms. The highest BCUT2D eigenvalue weighted by Gasteiger charge is 2.10. The molecule has 0 bridgehead atoms. The van der Waals surface area contributed by atoms with Gasteiger partial charge < -0.3 is 9.84 Å². The molecule has 1 amide bonds. The predicted octanol–water partition coefficient (Wildman–Crippen LogP) is 3.24. The fraction of sp³-hybridized carbons (Fsp3) is 0.333. The lowest BCUT2D eigenvalue weighted by Gasteiger charge is -2.10. The third-order valence-electron chi connectivity index (χ3n) is 2.00. The van der Waals surface area contributed by atoms with Gasteiger partial charge in [-0.1, -0.05) is 25.4 Å². The van der Waals surface area contributed by atoms with Crippen molar-refractivity contribution in [2.45, 2.75) is 13.8 Å². The van der Waals surface area contributed by atoms with Gasteiger partial charge >= 0.3 is 12.1 Å². The summed E-state index contributed by atoms with van der Waals surface area (Å²) in [4.78, 5) is 22.1. The van der Waals surface area contributed by atoms with E-state index in [-0.39, 0.29) is 16.5 Å². The molecule has 0 aliphatic rings. The van der Waals surface area contributed by atoms with E-state index in [9.17, 15) is 9.59 Å².